The second-order valence-electron chi connectivity index (χ2n) is 4.99. The summed E-state index contributed by atoms with van der Waals surface area (Å²) in [6.45, 7) is 2.38. The Morgan fingerprint density at radius 2 is 1.95 bits per heavy atom. The number of carbonyl (C=O) groups excluding carboxylic acids is 1. The number of rotatable bonds is 5. The number of carboxylic acids is 1. The predicted octanol–water partition coefficient (Wildman–Crippen LogP) is 2.50. The minimum atomic E-state index is -0.956. The van der Waals surface area contributed by atoms with E-state index in [4.69, 9.17) is 5.11 Å². The molecule has 5 nitrogen and oxygen atoms in total. The molecule has 20 heavy (non-hydrogen) atoms. The summed E-state index contributed by atoms with van der Waals surface area (Å²) in [5.74, 6) is -0.318. The molecule has 1 saturated carbocycles. The van der Waals surface area contributed by atoms with Gasteiger partial charge in [-0.15, -0.1) is 0 Å². The minimum absolute atomic E-state index is 0.237. The van der Waals surface area contributed by atoms with Crippen molar-refractivity contribution in [2.45, 2.75) is 26.3 Å². The smallest absolute Gasteiger partial charge is 0.335 e. The van der Waals surface area contributed by atoms with Crippen LogP contribution >= 0.6 is 0 Å². The predicted molar refractivity (Wildman–Crippen MR) is 75.3 cm³/mol. The van der Waals surface area contributed by atoms with Gasteiger partial charge in [0.05, 0.1) is 5.56 Å². The zero-order valence-corrected chi connectivity index (χ0v) is 11.3. The Labute approximate surface area is 117 Å². The Bertz CT molecular complexity index is 531. The van der Waals surface area contributed by atoms with Crippen LogP contribution in [-0.2, 0) is 6.54 Å². The summed E-state index contributed by atoms with van der Waals surface area (Å²) in [5.41, 5.74) is 2.29. The lowest BCUT2D eigenvalue weighted by Crippen LogP contribution is -2.31. The third kappa shape index (κ3) is 4.12. The van der Waals surface area contributed by atoms with E-state index < -0.39 is 5.97 Å². The highest BCUT2D eigenvalue weighted by Crippen LogP contribution is 2.35. The molecule has 0 bridgehead atoms. The summed E-state index contributed by atoms with van der Waals surface area (Å²) in [7, 11) is 0. The van der Waals surface area contributed by atoms with E-state index in [1.54, 1.807) is 18.3 Å². The summed E-state index contributed by atoms with van der Waals surface area (Å²) in [5, 5.41) is 14.2. The van der Waals surface area contributed by atoms with Crippen molar-refractivity contribution >= 4 is 12.0 Å². The van der Waals surface area contributed by atoms with E-state index in [2.05, 4.69) is 10.6 Å². The lowest BCUT2D eigenvalue weighted by Gasteiger charge is -2.06. The van der Waals surface area contributed by atoms with Gasteiger partial charge in [0, 0.05) is 12.7 Å². The van der Waals surface area contributed by atoms with Crippen LogP contribution in [0, 0.1) is 5.92 Å². The molecule has 3 N–H and O–H groups in total. The number of aromatic carboxylic acids is 1. The highest BCUT2D eigenvalue weighted by Gasteiger charge is 2.22. The molecule has 0 unspecified atom stereocenters. The molecule has 0 atom stereocenters. The molecule has 2 rings (SSSR count). The molecule has 1 aliphatic carbocycles. The van der Waals surface area contributed by atoms with Crippen LogP contribution < -0.4 is 10.6 Å². The van der Waals surface area contributed by atoms with Crippen LogP contribution in [0.15, 0.2) is 36.0 Å². The van der Waals surface area contributed by atoms with E-state index in [1.807, 2.05) is 6.92 Å². The molecule has 0 spiro atoms. The lowest BCUT2D eigenvalue weighted by atomic mass is 10.1. The van der Waals surface area contributed by atoms with Crippen LogP contribution in [0.3, 0.4) is 0 Å². The molecule has 1 aliphatic rings. The number of urea groups is 1. The number of benzene rings is 1. The number of hydrogen-bond acceptors (Lipinski definition) is 2. The van der Waals surface area contributed by atoms with E-state index in [0.29, 0.717) is 12.5 Å². The third-order valence-corrected chi connectivity index (χ3v) is 3.31. The van der Waals surface area contributed by atoms with Crippen molar-refractivity contribution in [2.24, 2.45) is 5.92 Å². The number of nitrogens with one attached hydrogen (secondary N) is 2. The van der Waals surface area contributed by atoms with Gasteiger partial charge >= 0.3 is 12.0 Å². The van der Waals surface area contributed by atoms with Crippen molar-refractivity contribution in [1.82, 2.24) is 10.6 Å². The van der Waals surface area contributed by atoms with Crippen LogP contribution in [0.5, 0.6) is 0 Å². The molecule has 5 heteroatoms. The highest BCUT2D eigenvalue weighted by molar-refractivity contribution is 5.87. The zero-order valence-electron chi connectivity index (χ0n) is 11.3. The first-order chi connectivity index (χ1) is 9.56. The highest BCUT2D eigenvalue weighted by atomic mass is 16.4. The van der Waals surface area contributed by atoms with Crippen molar-refractivity contribution in [2.75, 3.05) is 0 Å². The largest absolute Gasteiger partial charge is 0.478 e. The van der Waals surface area contributed by atoms with Gasteiger partial charge in [-0.25, -0.2) is 9.59 Å². The normalized spacial score (nSPS) is 14.8. The Morgan fingerprint density at radius 1 is 1.30 bits per heavy atom. The summed E-state index contributed by atoms with van der Waals surface area (Å²) < 4.78 is 0. The molecular weight excluding hydrogens is 256 g/mol. The molecule has 0 heterocycles. The average molecular weight is 274 g/mol. The molecule has 1 aromatic carbocycles. The molecule has 0 aromatic heterocycles. The fraction of sp³-hybridized carbons (Fsp3) is 0.333. The summed E-state index contributed by atoms with van der Waals surface area (Å²) in [6.07, 6.45) is 4.17. The lowest BCUT2D eigenvalue weighted by molar-refractivity contribution is 0.0697. The number of carbonyl (C=O) groups is 2. The summed E-state index contributed by atoms with van der Waals surface area (Å²) in [6, 6.07) is 6.17. The van der Waals surface area contributed by atoms with Crippen molar-refractivity contribution in [3.63, 3.8) is 0 Å². The van der Waals surface area contributed by atoms with E-state index in [1.165, 1.54) is 30.5 Å². The van der Waals surface area contributed by atoms with Crippen LogP contribution in [0.1, 0.15) is 35.7 Å². The first-order valence-electron chi connectivity index (χ1n) is 6.59. The van der Waals surface area contributed by atoms with E-state index in [9.17, 15) is 9.59 Å². The summed E-state index contributed by atoms with van der Waals surface area (Å²) in [4.78, 5) is 22.3. The van der Waals surface area contributed by atoms with Crippen LogP contribution in [0.2, 0.25) is 0 Å². The molecule has 0 aliphatic heterocycles. The van der Waals surface area contributed by atoms with Gasteiger partial charge < -0.3 is 15.7 Å². The Hall–Kier alpha value is -2.30. The number of amides is 2. The van der Waals surface area contributed by atoms with Gasteiger partial charge in [-0.1, -0.05) is 17.7 Å². The van der Waals surface area contributed by atoms with Gasteiger partial charge in [-0.3, -0.25) is 0 Å². The van der Waals surface area contributed by atoms with E-state index in [-0.39, 0.29) is 11.6 Å². The number of allylic oxidation sites excluding steroid dienone is 1. The fourth-order valence-electron chi connectivity index (χ4n) is 1.83. The van der Waals surface area contributed by atoms with Crippen molar-refractivity contribution in [3.05, 3.63) is 47.2 Å². The number of hydrogen-bond donors (Lipinski definition) is 3. The molecular formula is C15H18N2O3. The van der Waals surface area contributed by atoms with E-state index in [0.717, 1.165) is 5.56 Å². The molecule has 2 amide bonds. The van der Waals surface area contributed by atoms with Gasteiger partial charge in [0.15, 0.2) is 0 Å². The Balaban J connectivity index is 1.77. The second kappa shape index (κ2) is 6.23. The fourth-order valence-corrected chi connectivity index (χ4v) is 1.83. The molecule has 1 fully saturated rings. The van der Waals surface area contributed by atoms with Crippen molar-refractivity contribution in [1.29, 1.82) is 0 Å². The number of carboxylic acid groups (broad SMARTS) is 1. The molecule has 106 valence electrons. The first-order valence-corrected chi connectivity index (χ1v) is 6.59. The maximum absolute atomic E-state index is 11.6. The van der Waals surface area contributed by atoms with Gasteiger partial charge in [-0.2, -0.15) is 0 Å². The van der Waals surface area contributed by atoms with Gasteiger partial charge in [0.1, 0.15) is 0 Å². The molecule has 0 saturated heterocycles. The summed E-state index contributed by atoms with van der Waals surface area (Å²) >= 11 is 0. The third-order valence-electron chi connectivity index (χ3n) is 3.31. The quantitative estimate of drug-likeness (QED) is 0.772. The van der Waals surface area contributed by atoms with Crippen molar-refractivity contribution < 1.29 is 14.7 Å². The van der Waals surface area contributed by atoms with E-state index >= 15 is 0 Å². The van der Waals surface area contributed by atoms with Crippen LogP contribution in [0.4, 0.5) is 4.79 Å². The monoisotopic (exact) mass is 274 g/mol. The van der Waals surface area contributed by atoms with Crippen LogP contribution in [-0.4, -0.2) is 17.1 Å². The Morgan fingerprint density at radius 3 is 2.50 bits per heavy atom. The maximum atomic E-state index is 11.6. The molecule has 1 aromatic rings. The second-order valence-corrected chi connectivity index (χ2v) is 4.99. The van der Waals surface area contributed by atoms with Crippen molar-refractivity contribution in [3.8, 4) is 0 Å². The van der Waals surface area contributed by atoms with Gasteiger partial charge in [-0.05, 0) is 43.4 Å². The van der Waals surface area contributed by atoms with Gasteiger partial charge in [0.25, 0.3) is 0 Å². The zero-order chi connectivity index (χ0) is 14.5. The topological polar surface area (TPSA) is 78.4 Å². The first kappa shape index (κ1) is 14.1. The standard InChI is InChI=1S/C15H18N2O3/c1-10(12-6-7-12)8-16-15(20)17-9-11-2-4-13(5-3-11)14(18)19/h2-5,8,12H,6-7,9H2,1H3,(H,18,19)(H2,16,17,20)/b10-8+. The Kier molecular flexibility index (Phi) is 4.40. The minimum Gasteiger partial charge on any atom is -0.478 e. The van der Waals surface area contributed by atoms with Gasteiger partial charge in [0.2, 0.25) is 0 Å². The van der Waals surface area contributed by atoms with Crippen LogP contribution in [0.25, 0.3) is 0 Å². The molecule has 0 radical (unpaired) electrons. The maximum Gasteiger partial charge on any atom is 0.335 e. The average Bonchev–Trinajstić information content (AvgIpc) is 3.27. The SMILES string of the molecule is C/C(=C\NC(=O)NCc1ccc(C(=O)O)cc1)C1CC1.